The molecule has 3 aromatic rings. The number of aromatic nitrogens is 3. The smallest absolute Gasteiger partial charge is 0.323 e. The van der Waals surface area contributed by atoms with Gasteiger partial charge in [-0.25, -0.2) is 14.8 Å². The molecule has 0 spiro atoms. The van der Waals surface area contributed by atoms with Crippen LogP contribution in [0.15, 0.2) is 42.6 Å². The van der Waals surface area contributed by atoms with Gasteiger partial charge in [-0.1, -0.05) is 19.3 Å². The number of carbonyl (C=O) groups excluding carboxylic acids is 1. The topological polar surface area (TPSA) is 98.3 Å². The van der Waals surface area contributed by atoms with Crippen LogP contribution in [0.5, 0.6) is 0 Å². The molecule has 0 bridgehead atoms. The van der Waals surface area contributed by atoms with E-state index in [1.165, 1.54) is 24.9 Å². The molecule has 5 rings (SSSR count). The van der Waals surface area contributed by atoms with Gasteiger partial charge in [-0.15, -0.1) is 0 Å². The number of benzene rings is 1. The van der Waals surface area contributed by atoms with E-state index in [1.807, 2.05) is 24.3 Å². The number of carbonyl (C=O) groups is 1. The van der Waals surface area contributed by atoms with Gasteiger partial charge < -0.3 is 20.9 Å². The Kier molecular flexibility index (Phi) is 7.18. The van der Waals surface area contributed by atoms with Crippen LogP contribution < -0.4 is 25.8 Å². The van der Waals surface area contributed by atoms with Crippen molar-refractivity contribution in [2.75, 3.05) is 35.3 Å². The maximum atomic E-state index is 12.8. The summed E-state index contributed by atoms with van der Waals surface area (Å²) in [5.74, 6) is 1.03. The monoisotopic (exact) mass is 488 g/mol. The molecule has 2 fully saturated rings. The van der Waals surface area contributed by atoms with E-state index < -0.39 is 0 Å². The number of pyridine rings is 1. The first-order valence-electron chi connectivity index (χ1n) is 13.0. The maximum Gasteiger partial charge on any atom is 0.323 e. The Hall–Kier alpha value is -3.46. The van der Waals surface area contributed by atoms with Crippen LogP contribution in [-0.4, -0.2) is 59.2 Å². The number of amides is 2. The Morgan fingerprint density at radius 3 is 2.44 bits per heavy atom. The lowest BCUT2D eigenvalue weighted by atomic mass is 9.96. The Morgan fingerprint density at radius 2 is 1.72 bits per heavy atom. The van der Waals surface area contributed by atoms with Gasteiger partial charge in [0.25, 0.3) is 0 Å². The first-order chi connectivity index (χ1) is 17.4. The number of nitrogens with one attached hydrogen (secondary N) is 3. The average molecular weight is 489 g/mol. The highest BCUT2D eigenvalue weighted by Gasteiger charge is 2.21. The quantitative estimate of drug-likeness (QED) is 0.489. The van der Waals surface area contributed by atoms with Crippen molar-refractivity contribution in [2.24, 2.45) is 0 Å². The lowest BCUT2D eigenvalue weighted by Gasteiger charge is -2.37. The fourth-order valence-corrected chi connectivity index (χ4v) is 5.19. The predicted octanol–water partition coefficient (Wildman–Crippen LogP) is 4.43. The molecule has 3 N–H and O–H groups in total. The fourth-order valence-electron chi connectivity index (χ4n) is 5.19. The van der Waals surface area contributed by atoms with Crippen molar-refractivity contribution in [1.29, 1.82) is 0 Å². The molecule has 1 aliphatic heterocycles. The summed E-state index contributed by atoms with van der Waals surface area (Å²) in [5, 5.41) is 10.8. The predicted molar refractivity (Wildman–Crippen MR) is 145 cm³/mol. The summed E-state index contributed by atoms with van der Waals surface area (Å²) >= 11 is 0. The van der Waals surface area contributed by atoms with Crippen molar-refractivity contribution in [3.8, 4) is 0 Å². The molecule has 2 aromatic heterocycles. The minimum Gasteiger partial charge on any atom is -0.368 e. The SMILES string of the molecule is CC1CN(c2ccc(Nc3ncc4ccc(N(C)C(=O)NC5CCCCC5)nc4n3)cc2)CC(C)N1. The molecule has 1 saturated carbocycles. The van der Waals surface area contributed by atoms with Gasteiger partial charge >= 0.3 is 6.03 Å². The number of anilines is 4. The van der Waals surface area contributed by atoms with Gasteiger partial charge in [0.1, 0.15) is 5.82 Å². The van der Waals surface area contributed by atoms with Crippen molar-refractivity contribution in [1.82, 2.24) is 25.6 Å². The number of fused-ring (bicyclic) bond motifs is 1. The third kappa shape index (κ3) is 5.67. The van der Waals surface area contributed by atoms with Gasteiger partial charge in [0.15, 0.2) is 5.65 Å². The Morgan fingerprint density at radius 1 is 1.00 bits per heavy atom. The van der Waals surface area contributed by atoms with E-state index in [0.29, 0.717) is 29.5 Å². The molecule has 0 radical (unpaired) electrons. The first-order valence-corrected chi connectivity index (χ1v) is 13.0. The van der Waals surface area contributed by atoms with E-state index >= 15 is 0 Å². The second-order valence-electron chi connectivity index (χ2n) is 10.2. The van der Waals surface area contributed by atoms with Crippen LogP contribution in [-0.2, 0) is 0 Å². The molecule has 2 amide bonds. The van der Waals surface area contributed by atoms with Crippen LogP contribution in [0.2, 0.25) is 0 Å². The second-order valence-corrected chi connectivity index (χ2v) is 10.2. The van der Waals surface area contributed by atoms with Gasteiger partial charge in [-0.3, -0.25) is 4.90 Å². The van der Waals surface area contributed by atoms with Crippen LogP contribution in [0, 0.1) is 0 Å². The highest BCUT2D eigenvalue weighted by Crippen LogP contribution is 2.23. The van der Waals surface area contributed by atoms with Gasteiger partial charge in [0.05, 0.1) is 0 Å². The van der Waals surface area contributed by atoms with Crippen LogP contribution in [0.1, 0.15) is 46.0 Å². The Balaban J connectivity index is 1.26. The number of rotatable bonds is 5. The molecule has 190 valence electrons. The van der Waals surface area contributed by atoms with Crippen molar-refractivity contribution in [2.45, 2.75) is 64.1 Å². The molecule has 9 nitrogen and oxygen atoms in total. The van der Waals surface area contributed by atoms with Crippen LogP contribution in [0.4, 0.5) is 27.9 Å². The largest absolute Gasteiger partial charge is 0.368 e. The molecule has 3 heterocycles. The molecule has 9 heteroatoms. The third-order valence-corrected chi connectivity index (χ3v) is 7.06. The van der Waals surface area contributed by atoms with E-state index in [0.717, 1.165) is 37.0 Å². The molecule has 2 aliphatic rings. The molecule has 1 aromatic carbocycles. The van der Waals surface area contributed by atoms with E-state index in [4.69, 9.17) is 0 Å². The number of nitrogens with zero attached hydrogens (tertiary/aromatic N) is 5. The van der Waals surface area contributed by atoms with Crippen molar-refractivity contribution < 1.29 is 4.79 Å². The van der Waals surface area contributed by atoms with Crippen LogP contribution in [0.25, 0.3) is 11.0 Å². The van der Waals surface area contributed by atoms with Crippen LogP contribution >= 0.6 is 0 Å². The maximum absolute atomic E-state index is 12.8. The van der Waals surface area contributed by atoms with Crippen molar-refractivity contribution in [3.05, 3.63) is 42.6 Å². The zero-order valence-electron chi connectivity index (χ0n) is 21.4. The lowest BCUT2D eigenvalue weighted by Crippen LogP contribution is -2.54. The number of piperazine rings is 1. The molecule has 36 heavy (non-hydrogen) atoms. The van der Waals surface area contributed by atoms with Crippen molar-refractivity contribution in [3.63, 3.8) is 0 Å². The summed E-state index contributed by atoms with van der Waals surface area (Å²) in [7, 11) is 1.74. The minimum absolute atomic E-state index is 0.130. The lowest BCUT2D eigenvalue weighted by molar-refractivity contribution is 0.239. The van der Waals surface area contributed by atoms with Crippen LogP contribution in [0.3, 0.4) is 0 Å². The highest BCUT2D eigenvalue weighted by atomic mass is 16.2. The van der Waals surface area contributed by atoms with Gasteiger partial charge in [0, 0.05) is 61.2 Å². The molecular formula is C27H36N8O. The minimum atomic E-state index is -0.130. The summed E-state index contributed by atoms with van der Waals surface area (Å²) < 4.78 is 0. The third-order valence-electron chi connectivity index (χ3n) is 7.06. The van der Waals surface area contributed by atoms with E-state index in [9.17, 15) is 4.79 Å². The highest BCUT2D eigenvalue weighted by molar-refractivity contribution is 5.92. The molecule has 1 aliphatic carbocycles. The molecule has 2 unspecified atom stereocenters. The van der Waals surface area contributed by atoms with E-state index in [1.54, 1.807) is 18.1 Å². The number of hydrogen-bond acceptors (Lipinski definition) is 7. The summed E-state index contributed by atoms with van der Waals surface area (Å²) in [5.41, 5.74) is 2.67. The number of hydrogen-bond donors (Lipinski definition) is 3. The summed E-state index contributed by atoms with van der Waals surface area (Å²) in [4.78, 5) is 30.4. The van der Waals surface area contributed by atoms with Gasteiger partial charge in [-0.2, -0.15) is 4.98 Å². The zero-order chi connectivity index (χ0) is 25.1. The summed E-state index contributed by atoms with van der Waals surface area (Å²) in [6.45, 7) is 6.42. The normalized spacial score (nSPS) is 20.8. The molecular weight excluding hydrogens is 452 g/mol. The van der Waals surface area contributed by atoms with Gasteiger partial charge in [0.2, 0.25) is 5.95 Å². The standard InChI is InChI=1S/C27H36N8O/c1-18-16-35(17-19(2)29-18)23-12-10-22(11-13-23)30-26-28-15-20-9-14-24(32-25(20)33-26)34(3)27(36)31-21-7-5-4-6-8-21/h9-15,18-19,21,29H,4-8,16-17H2,1-3H3,(H,31,36)(H,28,30,32,33). The average Bonchev–Trinajstić information content (AvgIpc) is 2.88. The Bertz CT molecular complexity index is 1180. The first kappa shape index (κ1) is 24.2. The zero-order valence-corrected chi connectivity index (χ0v) is 21.4. The second kappa shape index (κ2) is 10.7. The summed E-state index contributed by atoms with van der Waals surface area (Å²) in [6.07, 6.45) is 7.44. The fraction of sp³-hybridized carbons (Fsp3) is 0.481. The number of urea groups is 1. The van der Waals surface area contributed by atoms with Gasteiger partial charge in [-0.05, 0) is 63.1 Å². The molecule has 2 atom stereocenters. The summed E-state index contributed by atoms with van der Waals surface area (Å²) in [6, 6.07) is 13.1. The van der Waals surface area contributed by atoms with Crippen molar-refractivity contribution >= 4 is 40.2 Å². The van der Waals surface area contributed by atoms with E-state index in [-0.39, 0.29) is 12.1 Å². The Labute approximate surface area is 212 Å². The molecule has 1 saturated heterocycles. The van der Waals surface area contributed by atoms with E-state index in [2.05, 4.69) is 61.8 Å².